The van der Waals surface area contributed by atoms with Crippen molar-refractivity contribution in [1.29, 1.82) is 0 Å². The number of benzene rings is 1. The number of aryl methyl sites for hydroxylation is 1. The molecule has 0 amide bonds. The van der Waals surface area contributed by atoms with E-state index in [1.165, 1.54) is 27.8 Å². The highest BCUT2D eigenvalue weighted by Gasteiger charge is 2.05. The van der Waals surface area contributed by atoms with Crippen LogP contribution in [0.5, 0.6) is 0 Å². The second kappa shape index (κ2) is 3.66. The summed E-state index contributed by atoms with van der Waals surface area (Å²) in [5.41, 5.74) is 6.57. The first-order chi connectivity index (χ1) is 6.07. The first-order valence-corrected chi connectivity index (χ1v) is 4.53. The number of hydrogen-bond donors (Lipinski definition) is 0. The summed E-state index contributed by atoms with van der Waals surface area (Å²) in [5.74, 6) is 2.45. The fraction of sp³-hybridized carbons (Fsp3) is 0.385. The van der Waals surface area contributed by atoms with Crippen LogP contribution in [0.3, 0.4) is 0 Å². The fourth-order valence-electron chi connectivity index (χ4n) is 1.57. The lowest BCUT2D eigenvalue weighted by atomic mass is 9.93. The number of rotatable bonds is 1. The molecule has 0 aliphatic carbocycles. The Labute approximate surface area is 81.0 Å². The average Bonchev–Trinajstić information content (AvgIpc) is 2.11. The molecule has 0 N–H and O–H groups in total. The van der Waals surface area contributed by atoms with Crippen molar-refractivity contribution in [3.63, 3.8) is 0 Å². The van der Waals surface area contributed by atoms with E-state index in [1.807, 2.05) is 0 Å². The lowest BCUT2D eigenvalue weighted by molar-refractivity contribution is 1.14. The molecule has 0 atom stereocenters. The van der Waals surface area contributed by atoms with Crippen molar-refractivity contribution in [3.05, 3.63) is 40.3 Å². The Hall–Kier alpha value is -1.22. The first kappa shape index (κ1) is 9.86. The largest absolute Gasteiger partial charge is 0.0843 e. The molecule has 1 rings (SSSR count). The quantitative estimate of drug-likeness (QED) is 0.570. The minimum Gasteiger partial charge on any atom is -0.0843 e. The molecular formula is C13H15. The second-order valence-corrected chi connectivity index (χ2v) is 3.58. The predicted octanol–water partition coefficient (Wildman–Crippen LogP) is 3.05. The maximum Gasteiger partial charge on any atom is 0.0353 e. The van der Waals surface area contributed by atoms with E-state index in [0.29, 0.717) is 6.42 Å². The van der Waals surface area contributed by atoms with E-state index in [-0.39, 0.29) is 0 Å². The van der Waals surface area contributed by atoms with Crippen LogP contribution in [0.15, 0.2) is 6.07 Å². The summed E-state index contributed by atoms with van der Waals surface area (Å²) in [6.07, 6.45) is 7.61. The highest BCUT2D eigenvalue weighted by atomic mass is 14.1. The molecule has 0 aliphatic heterocycles. The Balaban J connectivity index is 3.34. The maximum absolute atomic E-state index is 6.98. The van der Waals surface area contributed by atoms with Crippen molar-refractivity contribution in [2.75, 3.05) is 0 Å². The lowest BCUT2D eigenvalue weighted by Crippen LogP contribution is -1.96. The van der Waals surface area contributed by atoms with E-state index >= 15 is 0 Å². The zero-order valence-electron chi connectivity index (χ0n) is 8.78. The molecule has 13 heavy (non-hydrogen) atoms. The van der Waals surface area contributed by atoms with Gasteiger partial charge in [0.15, 0.2) is 0 Å². The molecule has 0 saturated carbocycles. The SMILES string of the molecule is [C]#CCc1cc(C)c(C)c(C)c1C. The van der Waals surface area contributed by atoms with Crippen molar-refractivity contribution in [1.82, 2.24) is 0 Å². The summed E-state index contributed by atoms with van der Waals surface area (Å²) in [6, 6.07) is 2.17. The number of hydrogen-bond acceptors (Lipinski definition) is 0. The van der Waals surface area contributed by atoms with Gasteiger partial charge in [-0.15, -0.1) is 0 Å². The van der Waals surface area contributed by atoms with Crippen molar-refractivity contribution < 1.29 is 0 Å². The molecule has 0 spiro atoms. The molecule has 0 unspecified atom stereocenters. The van der Waals surface area contributed by atoms with Crippen LogP contribution in [0.25, 0.3) is 0 Å². The van der Waals surface area contributed by atoms with E-state index in [0.717, 1.165) is 0 Å². The topological polar surface area (TPSA) is 0 Å². The van der Waals surface area contributed by atoms with E-state index in [4.69, 9.17) is 6.42 Å². The van der Waals surface area contributed by atoms with Crippen LogP contribution in [0, 0.1) is 40.0 Å². The van der Waals surface area contributed by atoms with Crippen molar-refractivity contribution >= 4 is 0 Å². The van der Waals surface area contributed by atoms with Gasteiger partial charge in [-0.1, -0.05) is 12.0 Å². The Bertz CT molecular complexity index is 365. The minimum absolute atomic E-state index is 0.633. The van der Waals surface area contributed by atoms with E-state index in [2.05, 4.69) is 39.7 Å². The van der Waals surface area contributed by atoms with Gasteiger partial charge in [-0.05, 0) is 61.9 Å². The van der Waals surface area contributed by atoms with Gasteiger partial charge in [-0.2, -0.15) is 0 Å². The maximum atomic E-state index is 6.98. The van der Waals surface area contributed by atoms with Crippen LogP contribution >= 0.6 is 0 Å². The summed E-state index contributed by atoms with van der Waals surface area (Å²) >= 11 is 0. The smallest absolute Gasteiger partial charge is 0.0353 e. The van der Waals surface area contributed by atoms with E-state index in [1.54, 1.807) is 0 Å². The van der Waals surface area contributed by atoms with Crippen LogP contribution < -0.4 is 0 Å². The Morgan fingerprint density at radius 1 is 1.08 bits per heavy atom. The molecule has 0 fully saturated rings. The molecule has 0 saturated heterocycles. The summed E-state index contributed by atoms with van der Waals surface area (Å²) in [6.45, 7) is 8.53. The summed E-state index contributed by atoms with van der Waals surface area (Å²) in [5, 5.41) is 0. The van der Waals surface area contributed by atoms with E-state index < -0.39 is 0 Å². The van der Waals surface area contributed by atoms with Gasteiger partial charge >= 0.3 is 0 Å². The molecular weight excluding hydrogens is 156 g/mol. The molecule has 0 bridgehead atoms. The lowest BCUT2D eigenvalue weighted by Gasteiger charge is -2.12. The first-order valence-electron chi connectivity index (χ1n) is 4.53. The van der Waals surface area contributed by atoms with Gasteiger partial charge < -0.3 is 0 Å². The third kappa shape index (κ3) is 1.75. The highest BCUT2D eigenvalue weighted by Crippen LogP contribution is 2.21. The normalized spacial score (nSPS) is 9.77. The highest BCUT2D eigenvalue weighted by molar-refractivity contribution is 5.44. The Morgan fingerprint density at radius 3 is 2.23 bits per heavy atom. The van der Waals surface area contributed by atoms with Gasteiger partial charge in [0.05, 0.1) is 0 Å². The van der Waals surface area contributed by atoms with Gasteiger partial charge in [0.25, 0.3) is 0 Å². The van der Waals surface area contributed by atoms with Gasteiger partial charge in [-0.25, -0.2) is 0 Å². The van der Waals surface area contributed by atoms with Crippen LogP contribution in [-0.4, -0.2) is 0 Å². The molecule has 0 aromatic heterocycles. The summed E-state index contributed by atoms with van der Waals surface area (Å²) < 4.78 is 0. The van der Waals surface area contributed by atoms with Crippen LogP contribution in [0.4, 0.5) is 0 Å². The zero-order valence-corrected chi connectivity index (χ0v) is 8.78. The Kier molecular flexibility index (Phi) is 2.78. The predicted molar refractivity (Wildman–Crippen MR) is 56.2 cm³/mol. The van der Waals surface area contributed by atoms with Gasteiger partial charge in [-0.3, -0.25) is 0 Å². The van der Waals surface area contributed by atoms with Crippen LogP contribution in [-0.2, 0) is 6.42 Å². The molecule has 0 aliphatic rings. The van der Waals surface area contributed by atoms with Crippen LogP contribution in [0.1, 0.15) is 27.8 Å². The van der Waals surface area contributed by atoms with Crippen molar-refractivity contribution in [2.45, 2.75) is 34.1 Å². The summed E-state index contributed by atoms with van der Waals surface area (Å²) in [4.78, 5) is 0. The van der Waals surface area contributed by atoms with Gasteiger partial charge in [0.2, 0.25) is 0 Å². The minimum atomic E-state index is 0.633. The molecule has 0 heterocycles. The summed E-state index contributed by atoms with van der Waals surface area (Å²) in [7, 11) is 0. The van der Waals surface area contributed by atoms with Gasteiger partial charge in [0, 0.05) is 6.42 Å². The fourth-order valence-corrected chi connectivity index (χ4v) is 1.57. The van der Waals surface area contributed by atoms with Crippen molar-refractivity contribution in [2.24, 2.45) is 0 Å². The van der Waals surface area contributed by atoms with Crippen LogP contribution in [0.2, 0.25) is 0 Å². The molecule has 0 heteroatoms. The average molecular weight is 171 g/mol. The molecule has 67 valence electrons. The standard InChI is InChI=1S/C13H15/c1-6-7-13-8-9(2)10(3)11(4)12(13)5/h8H,7H2,2-5H3. The molecule has 0 nitrogen and oxygen atoms in total. The Morgan fingerprint density at radius 2 is 1.69 bits per heavy atom. The van der Waals surface area contributed by atoms with Gasteiger partial charge in [0.1, 0.15) is 0 Å². The molecule has 1 aromatic rings. The van der Waals surface area contributed by atoms with Crippen molar-refractivity contribution in [3.8, 4) is 5.92 Å². The molecule has 1 radical (unpaired) electrons. The third-order valence-corrected chi connectivity index (χ3v) is 2.87. The van der Waals surface area contributed by atoms with E-state index in [9.17, 15) is 0 Å². The second-order valence-electron chi connectivity index (χ2n) is 3.58. The third-order valence-electron chi connectivity index (χ3n) is 2.87. The zero-order chi connectivity index (χ0) is 10.0. The molecule has 1 aromatic carbocycles. The monoisotopic (exact) mass is 171 g/mol.